The minimum Gasteiger partial charge on any atom is -0.346 e. The van der Waals surface area contributed by atoms with Crippen molar-refractivity contribution in [1.29, 1.82) is 0 Å². The van der Waals surface area contributed by atoms with E-state index < -0.39 is 0 Å². The van der Waals surface area contributed by atoms with Crippen LogP contribution in [-0.4, -0.2) is 20.3 Å². The molecule has 0 aliphatic rings. The summed E-state index contributed by atoms with van der Waals surface area (Å²) >= 11 is 0. The van der Waals surface area contributed by atoms with Gasteiger partial charge in [0, 0.05) is 31.8 Å². The molecule has 0 bridgehead atoms. The second kappa shape index (κ2) is 2.65. The van der Waals surface area contributed by atoms with Gasteiger partial charge in [-0.1, -0.05) is 0 Å². The summed E-state index contributed by atoms with van der Waals surface area (Å²) in [6, 6.07) is 0. The number of aryl methyl sites for hydroxylation is 1. The molecule has 0 saturated carbocycles. The molecule has 0 radical (unpaired) electrons. The van der Waals surface area contributed by atoms with Crippen LogP contribution in [0.2, 0.25) is 0 Å². The lowest BCUT2D eigenvalue weighted by atomic mass is 10.2. The number of ketones is 1. The Morgan fingerprint density at radius 2 is 2.31 bits per heavy atom. The number of carbonyl (C=O) groups is 1. The molecule has 0 aliphatic heterocycles. The zero-order valence-electron chi connectivity index (χ0n) is 7.48. The summed E-state index contributed by atoms with van der Waals surface area (Å²) in [5.74, 6) is 0.0243. The van der Waals surface area contributed by atoms with Gasteiger partial charge in [0.1, 0.15) is 17.5 Å². The van der Waals surface area contributed by atoms with E-state index >= 15 is 0 Å². The van der Waals surface area contributed by atoms with Crippen LogP contribution in [-0.2, 0) is 7.05 Å². The van der Waals surface area contributed by atoms with E-state index in [-0.39, 0.29) is 5.78 Å². The number of carbonyl (C=O) groups excluding carboxylic acids is 1. The average Bonchev–Trinajstić information content (AvgIpc) is 2.39. The molecule has 4 heteroatoms. The standard InChI is InChI=1S/C9H9N3O/c1-6(13)9-8-7(4-12(9)2)3-10-5-11-8/h3-5H,1-2H3. The largest absolute Gasteiger partial charge is 0.346 e. The first-order valence-electron chi connectivity index (χ1n) is 3.96. The molecule has 66 valence electrons. The van der Waals surface area contributed by atoms with Crippen molar-refractivity contribution in [2.24, 2.45) is 7.05 Å². The molecule has 0 spiro atoms. The Hall–Kier alpha value is -1.71. The maximum atomic E-state index is 11.3. The third-order valence-electron chi connectivity index (χ3n) is 1.98. The first kappa shape index (κ1) is 7.91. The average molecular weight is 175 g/mol. The molecule has 2 rings (SSSR count). The Labute approximate surface area is 75.2 Å². The minimum atomic E-state index is 0.0243. The minimum absolute atomic E-state index is 0.0243. The molecule has 4 nitrogen and oxygen atoms in total. The van der Waals surface area contributed by atoms with E-state index in [1.165, 1.54) is 13.3 Å². The first-order valence-corrected chi connectivity index (χ1v) is 3.96. The number of fused-ring (bicyclic) bond motifs is 1. The van der Waals surface area contributed by atoms with Crippen molar-refractivity contribution in [3.05, 3.63) is 24.4 Å². The molecule has 2 heterocycles. The van der Waals surface area contributed by atoms with Gasteiger partial charge in [0.2, 0.25) is 0 Å². The molecule has 0 fully saturated rings. The predicted octanol–water partition coefficient (Wildman–Crippen LogP) is 1.17. The van der Waals surface area contributed by atoms with Crippen LogP contribution >= 0.6 is 0 Å². The van der Waals surface area contributed by atoms with Crippen molar-refractivity contribution in [2.45, 2.75) is 6.92 Å². The summed E-state index contributed by atoms with van der Waals surface area (Å²) in [5, 5.41) is 0.898. The highest BCUT2D eigenvalue weighted by Gasteiger charge is 2.11. The number of aromatic nitrogens is 3. The second-order valence-corrected chi connectivity index (χ2v) is 2.97. The molecule has 0 aliphatic carbocycles. The van der Waals surface area contributed by atoms with Crippen LogP contribution in [0.5, 0.6) is 0 Å². The van der Waals surface area contributed by atoms with Gasteiger partial charge in [-0.3, -0.25) is 4.79 Å². The lowest BCUT2D eigenvalue weighted by Gasteiger charge is -1.96. The van der Waals surface area contributed by atoms with E-state index in [0.29, 0.717) is 5.69 Å². The van der Waals surface area contributed by atoms with E-state index in [0.717, 1.165) is 10.9 Å². The van der Waals surface area contributed by atoms with Crippen molar-refractivity contribution < 1.29 is 4.79 Å². The molecule has 0 aromatic carbocycles. The summed E-state index contributed by atoms with van der Waals surface area (Å²) in [4.78, 5) is 19.2. The maximum absolute atomic E-state index is 11.3. The first-order chi connectivity index (χ1) is 6.20. The monoisotopic (exact) mass is 175 g/mol. The smallest absolute Gasteiger partial charge is 0.178 e. The lowest BCUT2D eigenvalue weighted by Crippen LogP contribution is -2.01. The highest BCUT2D eigenvalue weighted by molar-refractivity contribution is 6.04. The SMILES string of the molecule is CC(=O)c1c2ncncc2cn1C. The van der Waals surface area contributed by atoms with Crippen molar-refractivity contribution in [3.8, 4) is 0 Å². The van der Waals surface area contributed by atoms with Crippen LogP contribution in [0.25, 0.3) is 10.9 Å². The normalized spacial score (nSPS) is 10.6. The summed E-state index contributed by atoms with van der Waals surface area (Å²) < 4.78 is 1.78. The van der Waals surface area contributed by atoms with Crippen molar-refractivity contribution in [3.63, 3.8) is 0 Å². The van der Waals surface area contributed by atoms with Gasteiger partial charge >= 0.3 is 0 Å². The Kier molecular flexibility index (Phi) is 1.62. The van der Waals surface area contributed by atoms with Gasteiger partial charge in [0.05, 0.1) is 0 Å². The Morgan fingerprint density at radius 1 is 1.54 bits per heavy atom. The van der Waals surface area contributed by atoms with E-state index in [1.54, 1.807) is 10.8 Å². The van der Waals surface area contributed by atoms with Crippen molar-refractivity contribution >= 4 is 16.7 Å². The Balaban J connectivity index is 2.86. The van der Waals surface area contributed by atoms with Gasteiger partial charge in [-0.05, 0) is 0 Å². The van der Waals surface area contributed by atoms with Crippen LogP contribution in [0, 0.1) is 0 Å². The third kappa shape index (κ3) is 1.11. The van der Waals surface area contributed by atoms with Gasteiger partial charge < -0.3 is 4.57 Å². The van der Waals surface area contributed by atoms with E-state index in [2.05, 4.69) is 9.97 Å². The van der Waals surface area contributed by atoms with Gasteiger partial charge in [0.15, 0.2) is 5.78 Å². The highest BCUT2D eigenvalue weighted by atomic mass is 16.1. The molecular formula is C9H9N3O. The van der Waals surface area contributed by atoms with Gasteiger partial charge in [-0.2, -0.15) is 0 Å². The van der Waals surface area contributed by atoms with Crippen LogP contribution in [0.15, 0.2) is 18.7 Å². The van der Waals surface area contributed by atoms with Crippen molar-refractivity contribution in [1.82, 2.24) is 14.5 Å². The fourth-order valence-corrected chi connectivity index (χ4v) is 1.49. The molecular weight excluding hydrogens is 166 g/mol. The Bertz CT molecular complexity index is 473. The molecule has 0 amide bonds. The molecule has 2 aromatic heterocycles. The number of nitrogens with zero attached hydrogens (tertiary/aromatic N) is 3. The van der Waals surface area contributed by atoms with E-state index in [1.807, 2.05) is 13.2 Å². The summed E-state index contributed by atoms with van der Waals surface area (Å²) in [6.45, 7) is 1.54. The van der Waals surface area contributed by atoms with E-state index in [4.69, 9.17) is 0 Å². The topological polar surface area (TPSA) is 47.8 Å². The molecule has 13 heavy (non-hydrogen) atoms. The van der Waals surface area contributed by atoms with Crippen LogP contribution in [0.1, 0.15) is 17.4 Å². The number of rotatable bonds is 1. The quantitative estimate of drug-likeness (QED) is 0.611. The molecule has 0 N–H and O–H groups in total. The van der Waals surface area contributed by atoms with Crippen LogP contribution in [0.3, 0.4) is 0 Å². The Morgan fingerprint density at radius 3 is 3.00 bits per heavy atom. The van der Waals surface area contributed by atoms with Gasteiger partial charge in [0.25, 0.3) is 0 Å². The predicted molar refractivity (Wildman–Crippen MR) is 48.5 cm³/mol. The second-order valence-electron chi connectivity index (χ2n) is 2.97. The van der Waals surface area contributed by atoms with Gasteiger partial charge in [-0.25, -0.2) is 9.97 Å². The maximum Gasteiger partial charge on any atom is 0.178 e. The zero-order chi connectivity index (χ0) is 9.42. The molecule has 0 atom stereocenters. The fourth-order valence-electron chi connectivity index (χ4n) is 1.49. The van der Waals surface area contributed by atoms with Gasteiger partial charge in [-0.15, -0.1) is 0 Å². The number of Topliss-reactive ketones (excluding diaryl/α,β-unsaturated/α-hetero) is 1. The number of hydrogen-bond donors (Lipinski definition) is 0. The molecule has 0 saturated heterocycles. The van der Waals surface area contributed by atoms with Crippen LogP contribution < -0.4 is 0 Å². The highest BCUT2D eigenvalue weighted by Crippen LogP contribution is 2.16. The fraction of sp³-hybridized carbons (Fsp3) is 0.222. The lowest BCUT2D eigenvalue weighted by molar-refractivity contribution is 0.101. The van der Waals surface area contributed by atoms with Crippen molar-refractivity contribution in [2.75, 3.05) is 0 Å². The summed E-state index contributed by atoms with van der Waals surface area (Å²) in [6.07, 6.45) is 5.01. The number of hydrogen-bond acceptors (Lipinski definition) is 3. The zero-order valence-corrected chi connectivity index (χ0v) is 7.48. The van der Waals surface area contributed by atoms with E-state index in [9.17, 15) is 4.79 Å². The molecule has 2 aromatic rings. The summed E-state index contributed by atoms with van der Waals surface area (Å²) in [7, 11) is 1.83. The molecule has 0 unspecified atom stereocenters. The third-order valence-corrected chi connectivity index (χ3v) is 1.98. The summed E-state index contributed by atoms with van der Waals surface area (Å²) in [5.41, 5.74) is 1.36. The van der Waals surface area contributed by atoms with Crippen LogP contribution in [0.4, 0.5) is 0 Å².